The highest BCUT2D eigenvalue weighted by Gasteiger charge is 2.27. The van der Waals surface area contributed by atoms with Gasteiger partial charge in [0.15, 0.2) is 0 Å². The van der Waals surface area contributed by atoms with Crippen molar-refractivity contribution in [3.8, 4) is 0 Å². The molecule has 2 rings (SSSR count). The number of aliphatic carboxylic acids is 1. The summed E-state index contributed by atoms with van der Waals surface area (Å²) in [5, 5.41) is 8.84. The summed E-state index contributed by atoms with van der Waals surface area (Å²) < 4.78 is 5.31. The fraction of sp³-hybridized carbons (Fsp3) is 0.733. The monoisotopic (exact) mass is 281 g/mol. The zero-order chi connectivity index (χ0) is 14.5. The van der Waals surface area contributed by atoms with Crippen LogP contribution < -0.4 is 0 Å². The Morgan fingerprint density at radius 2 is 1.90 bits per heavy atom. The number of hydrogen-bond acceptors (Lipinski definition) is 3. The molecule has 1 saturated heterocycles. The molecule has 0 bridgehead atoms. The average Bonchev–Trinajstić information content (AvgIpc) is 3.24. The molecule has 0 atom stereocenters. The van der Waals surface area contributed by atoms with Crippen molar-refractivity contribution in [2.45, 2.75) is 45.1 Å². The van der Waals surface area contributed by atoms with E-state index in [1.165, 1.54) is 12.8 Å². The summed E-state index contributed by atoms with van der Waals surface area (Å²) in [6.45, 7) is 3.57. The highest BCUT2D eigenvalue weighted by molar-refractivity contribution is 5.89. The maximum Gasteiger partial charge on any atom is 0.305 e. The molecule has 2 aliphatic rings. The standard InChI is InChI=1S/C15H23NO4/c1-11(12-2-3-12)10-14(17)16(7-4-15(18)19)13-5-8-20-9-6-13/h10,12-13H,2-9H2,1H3,(H,18,19). The normalized spacial score (nSPS) is 20.8. The number of allylic oxidation sites excluding steroid dienone is 1. The Labute approximate surface area is 119 Å². The smallest absolute Gasteiger partial charge is 0.305 e. The molecule has 0 radical (unpaired) electrons. The summed E-state index contributed by atoms with van der Waals surface area (Å²) in [5.41, 5.74) is 1.13. The topological polar surface area (TPSA) is 66.8 Å². The maximum absolute atomic E-state index is 12.4. The molecule has 0 aromatic rings. The van der Waals surface area contributed by atoms with Crippen LogP contribution in [0.5, 0.6) is 0 Å². The third-order valence-electron chi connectivity index (χ3n) is 4.05. The molecule has 1 saturated carbocycles. The fourth-order valence-corrected chi connectivity index (χ4v) is 2.62. The molecule has 0 unspecified atom stereocenters. The first-order valence-corrected chi connectivity index (χ1v) is 7.36. The van der Waals surface area contributed by atoms with E-state index in [0.717, 1.165) is 18.4 Å². The van der Waals surface area contributed by atoms with Gasteiger partial charge >= 0.3 is 5.97 Å². The molecule has 1 amide bonds. The molecule has 1 aliphatic heterocycles. The molecule has 112 valence electrons. The molecular formula is C15H23NO4. The van der Waals surface area contributed by atoms with Crippen molar-refractivity contribution in [1.29, 1.82) is 0 Å². The predicted molar refractivity (Wildman–Crippen MR) is 74.3 cm³/mol. The molecule has 5 nitrogen and oxygen atoms in total. The summed E-state index contributed by atoms with van der Waals surface area (Å²) >= 11 is 0. The zero-order valence-corrected chi connectivity index (χ0v) is 12.0. The van der Waals surface area contributed by atoms with Gasteiger partial charge in [-0.25, -0.2) is 0 Å². The lowest BCUT2D eigenvalue weighted by atomic mass is 10.1. The fourth-order valence-electron chi connectivity index (χ4n) is 2.62. The van der Waals surface area contributed by atoms with Gasteiger partial charge in [-0.1, -0.05) is 5.57 Å². The van der Waals surface area contributed by atoms with E-state index in [9.17, 15) is 9.59 Å². The molecule has 1 heterocycles. The maximum atomic E-state index is 12.4. The van der Waals surface area contributed by atoms with Gasteiger partial charge < -0.3 is 14.7 Å². The first-order valence-electron chi connectivity index (χ1n) is 7.36. The van der Waals surface area contributed by atoms with Crippen molar-refractivity contribution in [3.63, 3.8) is 0 Å². The van der Waals surface area contributed by atoms with E-state index >= 15 is 0 Å². The molecular weight excluding hydrogens is 258 g/mol. The van der Waals surface area contributed by atoms with Crippen molar-refractivity contribution in [1.82, 2.24) is 4.90 Å². The van der Waals surface area contributed by atoms with Crippen LogP contribution in [0.2, 0.25) is 0 Å². The van der Waals surface area contributed by atoms with E-state index in [1.807, 2.05) is 6.92 Å². The van der Waals surface area contributed by atoms with Gasteiger partial charge in [0.2, 0.25) is 5.91 Å². The number of amides is 1. The van der Waals surface area contributed by atoms with Gasteiger partial charge in [0.05, 0.1) is 6.42 Å². The molecule has 1 aliphatic carbocycles. The number of carbonyl (C=O) groups is 2. The van der Waals surface area contributed by atoms with Crippen LogP contribution in [0.3, 0.4) is 0 Å². The Balaban J connectivity index is 2.01. The van der Waals surface area contributed by atoms with Crippen LogP contribution >= 0.6 is 0 Å². The number of hydrogen-bond donors (Lipinski definition) is 1. The summed E-state index contributed by atoms with van der Waals surface area (Å²) in [5.74, 6) is -0.338. The van der Waals surface area contributed by atoms with E-state index in [1.54, 1.807) is 11.0 Å². The Morgan fingerprint density at radius 1 is 1.25 bits per heavy atom. The quantitative estimate of drug-likeness (QED) is 0.754. The molecule has 0 aromatic heterocycles. The SMILES string of the molecule is CC(=CC(=O)N(CCC(=O)O)C1CCOCC1)C1CC1. The van der Waals surface area contributed by atoms with Crippen LogP contribution in [0.4, 0.5) is 0 Å². The molecule has 0 aromatic carbocycles. The summed E-state index contributed by atoms with van der Waals surface area (Å²) in [6.07, 6.45) is 5.63. The third-order valence-corrected chi connectivity index (χ3v) is 4.05. The Hall–Kier alpha value is -1.36. The molecule has 2 fully saturated rings. The van der Waals surface area contributed by atoms with Crippen LogP contribution in [0.15, 0.2) is 11.6 Å². The summed E-state index contributed by atoms with van der Waals surface area (Å²) in [6, 6.07) is 0.110. The number of rotatable bonds is 6. The molecule has 5 heteroatoms. The Kier molecular flexibility index (Phi) is 5.17. The van der Waals surface area contributed by atoms with E-state index in [0.29, 0.717) is 19.1 Å². The highest BCUT2D eigenvalue weighted by atomic mass is 16.5. The largest absolute Gasteiger partial charge is 0.481 e. The van der Waals surface area contributed by atoms with Crippen LogP contribution in [0.25, 0.3) is 0 Å². The second kappa shape index (κ2) is 6.88. The van der Waals surface area contributed by atoms with Crippen molar-refractivity contribution < 1.29 is 19.4 Å². The number of nitrogens with zero attached hydrogens (tertiary/aromatic N) is 1. The van der Waals surface area contributed by atoms with Gasteiger partial charge in [0.1, 0.15) is 0 Å². The van der Waals surface area contributed by atoms with Crippen molar-refractivity contribution >= 4 is 11.9 Å². The second-order valence-corrected chi connectivity index (χ2v) is 5.68. The van der Waals surface area contributed by atoms with E-state index in [-0.39, 0.29) is 24.9 Å². The van der Waals surface area contributed by atoms with Crippen molar-refractivity contribution in [3.05, 3.63) is 11.6 Å². The average molecular weight is 281 g/mol. The van der Waals surface area contributed by atoms with Gasteiger partial charge in [-0.3, -0.25) is 9.59 Å². The zero-order valence-electron chi connectivity index (χ0n) is 12.0. The van der Waals surface area contributed by atoms with E-state index in [2.05, 4.69) is 0 Å². The lowest BCUT2D eigenvalue weighted by Gasteiger charge is -2.33. The first-order chi connectivity index (χ1) is 9.58. The van der Waals surface area contributed by atoms with E-state index in [4.69, 9.17) is 9.84 Å². The van der Waals surface area contributed by atoms with E-state index < -0.39 is 5.97 Å². The predicted octanol–water partition coefficient (Wildman–Crippen LogP) is 1.82. The summed E-state index contributed by atoms with van der Waals surface area (Å²) in [7, 11) is 0. The Morgan fingerprint density at radius 3 is 2.45 bits per heavy atom. The van der Waals surface area contributed by atoms with Gasteiger partial charge in [-0.05, 0) is 38.5 Å². The minimum absolute atomic E-state index is 0.000582. The van der Waals surface area contributed by atoms with Crippen LogP contribution in [0, 0.1) is 5.92 Å². The summed E-state index contributed by atoms with van der Waals surface area (Å²) in [4.78, 5) is 24.9. The van der Waals surface area contributed by atoms with Crippen LogP contribution in [-0.2, 0) is 14.3 Å². The lowest BCUT2D eigenvalue weighted by Crippen LogP contribution is -2.43. The van der Waals surface area contributed by atoms with Gasteiger partial charge in [-0.2, -0.15) is 0 Å². The number of carboxylic acid groups (broad SMARTS) is 1. The number of ether oxygens (including phenoxy) is 1. The van der Waals surface area contributed by atoms with Gasteiger partial charge in [0, 0.05) is 31.9 Å². The van der Waals surface area contributed by atoms with Gasteiger partial charge in [0.25, 0.3) is 0 Å². The molecule has 1 N–H and O–H groups in total. The Bertz CT molecular complexity index is 395. The molecule has 20 heavy (non-hydrogen) atoms. The van der Waals surface area contributed by atoms with Crippen molar-refractivity contribution in [2.24, 2.45) is 5.92 Å². The lowest BCUT2D eigenvalue weighted by molar-refractivity contribution is -0.138. The highest BCUT2D eigenvalue weighted by Crippen LogP contribution is 2.36. The van der Waals surface area contributed by atoms with Crippen LogP contribution in [0.1, 0.15) is 39.0 Å². The van der Waals surface area contributed by atoms with Crippen molar-refractivity contribution in [2.75, 3.05) is 19.8 Å². The molecule has 0 spiro atoms. The van der Waals surface area contributed by atoms with Crippen LogP contribution in [-0.4, -0.2) is 47.7 Å². The number of carbonyl (C=O) groups excluding carboxylic acids is 1. The minimum atomic E-state index is -0.863. The second-order valence-electron chi connectivity index (χ2n) is 5.68. The van der Waals surface area contributed by atoms with Gasteiger partial charge in [-0.15, -0.1) is 0 Å². The minimum Gasteiger partial charge on any atom is -0.481 e. The third kappa shape index (κ3) is 4.34. The number of carboxylic acids is 1. The first kappa shape index (κ1) is 15.0.